The average molecular weight is 511 g/mol. The molecule has 0 radical (unpaired) electrons. The van der Waals surface area contributed by atoms with Gasteiger partial charge in [-0.15, -0.1) is 10.2 Å². The molecule has 0 atom stereocenters. The normalized spacial score (nSPS) is 11.7. The minimum Gasteiger partial charge on any atom is -0.457 e. The number of hydrogen-bond donors (Lipinski definition) is 1. The Balaban J connectivity index is 1.55. The van der Waals surface area contributed by atoms with Gasteiger partial charge in [-0.2, -0.15) is 5.26 Å². The molecule has 1 amide bonds. The first kappa shape index (κ1) is 23.4. The molecule has 4 aromatic rings. The van der Waals surface area contributed by atoms with E-state index in [1.54, 1.807) is 66.7 Å². The van der Waals surface area contributed by atoms with Crippen molar-refractivity contribution in [3.8, 4) is 17.4 Å². The topological polar surface area (TPSA) is 126 Å². The van der Waals surface area contributed by atoms with E-state index in [0.29, 0.717) is 27.7 Å². The van der Waals surface area contributed by atoms with Crippen LogP contribution in [-0.2, 0) is 9.84 Å². The molecule has 11 heteroatoms. The number of furan rings is 1. The van der Waals surface area contributed by atoms with Crippen molar-refractivity contribution in [3.63, 3.8) is 0 Å². The summed E-state index contributed by atoms with van der Waals surface area (Å²) in [7, 11) is -4.28. The van der Waals surface area contributed by atoms with Crippen molar-refractivity contribution in [2.45, 2.75) is 11.3 Å². The van der Waals surface area contributed by atoms with Crippen LogP contribution in [0.15, 0.2) is 74.3 Å². The standard InChI is InChI=1S/C23H15ClN4O4S2/c1-14-2-4-16(5-3-14)21(29)26-22-27-28-23(33-22)34(30,31)19(13-25)12-18-10-11-20(32-18)15-6-8-17(24)9-7-15/h2-12H,1H3,(H,26,27,29)/b19-12+. The number of anilines is 1. The molecule has 2 aromatic heterocycles. The number of rotatable bonds is 6. The van der Waals surface area contributed by atoms with Gasteiger partial charge in [0.25, 0.3) is 5.91 Å². The van der Waals surface area contributed by atoms with Crippen molar-refractivity contribution in [1.29, 1.82) is 5.26 Å². The maximum atomic E-state index is 12.9. The fourth-order valence-electron chi connectivity index (χ4n) is 2.84. The summed E-state index contributed by atoms with van der Waals surface area (Å²) in [4.78, 5) is 11.8. The fourth-order valence-corrected chi connectivity index (χ4v) is 5.11. The molecule has 170 valence electrons. The van der Waals surface area contributed by atoms with Crippen LogP contribution in [0.4, 0.5) is 5.13 Å². The quantitative estimate of drug-likeness (QED) is 0.273. The van der Waals surface area contributed by atoms with Gasteiger partial charge in [0.2, 0.25) is 19.3 Å². The van der Waals surface area contributed by atoms with Crippen LogP contribution in [0.3, 0.4) is 0 Å². The Morgan fingerprint density at radius 3 is 2.47 bits per heavy atom. The first-order valence-corrected chi connectivity index (χ1v) is 12.4. The second kappa shape index (κ2) is 9.61. The van der Waals surface area contributed by atoms with E-state index in [-0.39, 0.29) is 10.9 Å². The van der Waals surface area contributed by atoms with Gasteiger partial charge in [-0.05, 0) is 55.5 Å². The number of allylic oxidation sites excluding steroid dienone is 1. The average Bonchev–Trinajstić information content (AvgIpc) is 3.48. The molecule has 2 heterocycles. The number of nitrogens with zero attached hydrogens (tertiary/aromatic N) is 3. The predicted octanol–water partition coefficient (Wildman–Crippen LogP) is 5.35. The summed E-state index contributed by atoms with van der Waals surface area (Å²) in [5.74, 6) is 0.193. The lowest BCUT2D eigenvalue weighted by atomic mass is 10.1. The number of aryl methyl sites for hydroxylation is 1. The SMILES string of the molecule is Cc1ccc(C(=O)Nc2nnc(S(=O)(=O)/C(C#N)=C/c3ccc(-c4ccc(Cl)cc4)o3)s2)cc1. The molecule has 0 aliphatic carbocycles. The number of sulfone groups is 1. The fraction of sp³-hybridized carbons (Fsp3) is 0.0435. The summed E-state index contributed by atoms with van der Waals surface area (Å²) in [5.41, 5.74) is 2.12. The Kier molecular flexibility index (Phi) is 6.61. The summed E-state index contributed by atoms with van der Waals surface area (Å²) in [5, 5.41) is 19.9. The first-order valence-electron chi connectivity index (χ1n) is 9.70. The van der Waals surface area contributed by atoms with Crippen LogP contribution < -0.4 is 5.32 Å². The Morgan fingerprint density at radius 2 is 1.79 bits per heavy atom. The second-order valence-corrected chi connectivity index (χ2v) is 10.5. The highest BCUT2D eigenvalue weighted by Gasteiger charge is 2.27. The number of benzene rings is 2. The van der Waals surface area contributed by atoms with E-state index in [1.165, 1.54) is 0 Å². The minimum atomic E-state index is -4.28. The van der Waals surface area contributed by atoms with Crippen molar-refractivity contribution in [2.75, 3.05) is 5.32 Å². The molecule has 0 aliphatic heterocycles. The number of carbonyl (C=O) groups excluding carboxylic acids is 1. The zero-order valence-corrected chi connectivity index (χ0v) is 19.9. The zero-order chi connectivity index (χ0) is 24.3. The van der Waals surface area contributed by atoms with E-state index >= 15 is 0 Å². The largest absolute Gasteiger partial charge is 0.457 e. The number of amides is 1. The molecular weight excluding hydrogens is 496 g/mol. The van der Waals surface area contributed by atoms with Gasteiger partial charge in [0, 0.05) is 22.2 Å². The third kappa shape index (κ3) is 5.07. The van der Waals surface area contributed by atoms with Gasteiger partial charge in [-0.25, -0.2) is 8.42 Å². The number of aromatic nitrogens is 2. The number of hydrogen-bond acceptors (Lipinski definition) is 8. The monoisotopic (exact) mass is 510 g/mol. The van der Waals surface area contributed by atoms with Crippen molar-refractivity contribution >= 4 is 49.9 Å². The van der Waals surface area contributed by atoms with Crippen molar-refractivity contribution in [2.24, 2.45) is 0 Å². The highest BCUT2D eigenvalue weighted by molar-refractivity contribution is 7.97. The van der Waals surface area contributed by atoms with Gasteiger partial charge >= 0.3 is 0 Å². The zero-order valence-electron chi connectivity index (χ0n) is 17.5. The van der Waals surface area contributed by atoms with Crippen LogP contribution >= 0.6 is 22.9 Å². The van der Waals surface area contributed by atoms with Crippen LogP contribution in [-0.4, -0.2) is 24.5 Å². The molecule has 4 rings (SSSR count). The molecule has 0 fully saturated rings. The Labute approximate surface area is 204 Å². The second-order valence-electron chi connectivity index (χ2n) is 7.03. The number of nitrogens with one attached hydrogen (secondary N) is 1. The van der Waals surface area contributed by atoms with Crippen LogP contribution in [0.2, 0.25) is 5.02 Å². The lowest BCUT2D eigenvalue weighted by Gasteiger charge is -2.01. The summed E-state index contributed by atoms with van der Waals surface area (Å²) in [6, 6.07) is 18.6. The van der Waals surface area contributed by atoms with Crippen molar-refractivity contribution in [3.05, 3.63) is 87.5 Å². The van der Waals surface area contributed by atoms with Crippen LogP contribution in [0, 0.1) is 18.3 Å². The molecular formula is C23H15ClN4O4S2. The molecule has 2 aromatic carbocycles. The van der Waals surface area contributed by atoms with Gasteiger partial charge < -0.3 is 4.42 Å². The van der Waals surface area contributed by atoms with Gasteiger partial charge in [0.05, 0.1) is 0 Å². The van der Waals surface area contributed by atoms with Gasteiger partial charge in [-0.1, -0.05) is 40.6 Å². The van der Waals surface area contributed by atoms with Crippen LogP contribution in [0.25, 0.3) is 17.4 Å². The predicted molar refractivity (Wildman–Crippen MR) is 129 cm³/mol. The maximum absolute atomic E-state index is 12.9. The van der Waals surface area contributed by atoms with E-state index in [9.17, 15) is 18.5 Å². The van der Waals surface area contributed by atoms with Gasteiger partial charge in [0.15, 0.2) is 4.91 Å². The lowest BCUT2D eigenvalue weighted by molar-refractivity contribution is 0.102. The molecule has 0 saturated heterocycles. The van der Waals surface area contributed by atoms with E-state index < -0.39 is 25.0 Å². The van der Waals surface area contributed by atoms with Crippen molar-refractivity contribution < 1.29 is 17.6 Å². The Hall–Kier alpha value is -3.78. The van der Waals surface area contributed by atoms with E-state index in [2.05, 4.69) is 15.5 Å². The number of carbonyl (C=O) groups is 1. The summed E-state index contributed by atoms with van der Waals surface area (Å²) >= 11 is 6.54. The lowest BCUT2D eigenvalue weighted by Crippen LogP contribution is -2.11. The molecule has 0 saturated carbocycles. The van der Waals surface area contributed by atoms with E-state index in [4.69, 9.17) is 16.0 Å². The van der Waals surface area contributed by atoms with Crippen LogP contribution in [0.1, 0.15) is 21.7 Å². The first-order chi connectivity index (χ1) is 16.3. The third-order valence-corrected chi connectivity index (χ3v) is 7.72. The summed E-state index contributed by atoms with van der Waals surface area (Å²) in [6.07, 6.45) is 1.11. The van der Waals surface area contributed by atoms with E-state index in [0.717, 1.165) is 17.2 Å². The summed E-state index contributed by atoms with van der Waals surface area (Å²) in [6.45, 7) is 1.89. The van der Waals surface area contributed by atoms with Gasteiger partial charge in [-0.3, -0.25) is 10.1 Å². The van der Waals surface area contributed by atoms with Crippen LogP contribution in [0.5, 0.6) is 0 Å². The molecule has 8 nitrogen and oxygen atoms in total. The van der Waals surface area contributed by atoms with Gasteiger partial charge in [0.1, 0.15) is 17.6 Å². The molecule has 0 spiro atoms. The highest BCUT2D eigenvalue weighted by atomic mass is 35.5. The number of halogens is 1. The Morgan fingerprint density at radius 1 is 1.09 bits per heavy atom. The number of nitriles is 1. The molecule has 0 aliphatic rings. The third-order valence-electron chi connectivity index (χ3n) is 4.60. The Bertz CT molecular complexity index is 1530. The van der Waals surface area contributed by atoms with Crippen molar-refractivity contribution in [1.82, 2.24) is 10.2 Å². The smallest absolute Gasteiger partial charge is 0.257 e. The highest BCUT2D eigenvalue weighted by Crippen LogP contribution is 2.29. The maximum Gasteiger partial charge on any atom is 0.257 e. The molecule has 34 heavy (non-hydrogen) atoms. The molecule has 0 bridgehead atoms. The molecule has 0 unspecified atom stereocenters. The summed E-state index contributed by atoms with van der Waals surface area (Å²) < 4.78 is 31.1. The molecule has 1 N–H and O–H groups in total. The minimum absolute atomic E-state index is 0.00976. The van der Waals surface area contributed by atoms with E-state index in [1.807, 2.05) is 6.92 Å².